The summed E-state index contributed by atoms with van der Waals surface area (Å²) >= 11 is 0. The van der Waals surface area contributed by atoms with Crippen LogP contribution in [-0.2, 0) is 6.54 Å². The molecule has 5 heteroatoms. The number of hydrogen-bond donors (Lipinski definition) is 1. The van der Waals surface area contributed by atoms with Crippen molar-refractivity contribution in [3.05, 3.63) is 53.9 Å². The molecule has 110 valence electrons. The van der Waals surface area contributed by atoms with Crippen molar-refractivity contribution in [3.63, 3.8) is 0 Å². The van der Waals surface area contributed by atoms with Gasteiger partial charge in [0.1, 0.15) is 5.75 Å². The van der Waals surface area contributed by atoms with Gasteiger partial charge in [-0.25, -0.2) is 0 Å². The maximum atomic E-state index is 12.7. The number of anilines is 1. The van der Waals surface area contributed by atoms with Gasteiger partial charge in [0.2, 0.25) is 0 Å². The molecule has 21 heavy (non-hydrogen) atoms. The van der Waals surface area contributed by atoms with Crippen LogP contribution in [0.25, 0.3) is 0 Å². The Bertz CT molecular complexity index is 614. The normalized spacial score (nSPS) is 10.2. The van der Waals surface area contributed by atoms with Crippen LogP contribution < -0.4 is 10.5 Å². The quantitative estimate of drug-likeness (QED) is 0.856. The van der Waals surface area contributed by atoms with Crippen LogP contribution in [0.2, 0.25) is 0 Å². The summed E-state index contributed by atoms with van der Waals surface area (Å²) < 4.78 is 5.25. The van der Waals surface area contributed by atoms with Gasteiger partial charge >= 0.3 is 0 Å². The molecule has 0 spiro atoms. The minimum absolute atomic E-state index is 0.0776. The molecule has 0 aliphatic carbocycles. The Morgan fingerprint density at radius 1 is 1.29 bits per heavy atom. The average molecular weight is 285 g/mol. The van der Waals surface area contributed by atoms with Gasteiger partial charge in [-0.2, -0.15) is 0 Å². The van der Waals surface area contributed by atoms with Gasteiger partial charge in [-0.05, 0) is 36.8 Å². The van der Waals surface area contributed by atoms with Crippen molar-refractivity contribution in [2.75, 3.05) is 19.4 Å². The standard InChI is InChI=1S/C16H19N3O2/c1-3-19(11-12-6-8-18-9-7-12)16(20)14-5-4-13(17)10-15(14)21-2/h4-10H,3,11,17H2,1-2H3. The lowest BCUT2D eigenvalue weighted by atomic mass is 10.1. The van der Waals surface area contributed by atoms with Gasteiger partial charge in [0, 0.05) is 37.2 Å². The number of carbonyl (C=O) groups excluding carboxylic acids is 1. The number of pyridine rings is 1. The highest BCUT2D eigenvalue weighted by Crippen LogP contribution is 2.23. The largest absolute Gasteiger partial charge is 0.496 e. The smallest absolute Gasteiger partial charge is 0.257 e. The molecule has 2 aromatic rings. The number of methoxy groups -OCH3 is 1. The van der Waals surface area contributed by atoms with Crippen LogP contribution in [0.4, 0.5) is 5.69 Å². The number of ether oxygens (including phenoxy) is 1. The number of benzene rings is 1. The van der Waals surface area contributed by atoms with E-state index >= 15 is 0 Å². The van der Waals surface area contributed by atoms with Crippen molar-refractivity contribution in [2.45, 2.75) is 13.5 Å². The molecule has 0 saturated heterocycles. The maximum Gasteiger partial charge on any atom is 0.257 e. The second kappa shape index (κ2) is 6.74. The van der Waals surface area contributed by atoms with Crippen molar-refractivity contribution in [1.82, 2.24) is 9.88 Å². The van der Waals surface area contributed by atoms with Crippen LogP contribution in [0, 0.1) is 0 Å². The molecule has 0 radical (unpaired) electrons. The molecule has 0 unspecified atom stereocenters. The van der Waals surface area contributed by atoms with E-state index in [4.69, 9.17) is 10.5 Å². The van der Waals surface area contributed by atoms with E-state index < -0.39 is 0 Å². The maximum absolute atomic E-state index is 12.7. The summed E-state index contributed by atoms with van der Waals surface area (Å²) in [5.74, 6) is 0.416. The van der Waals surface area contributed by atoms with Crippen LogP contribution in [0.15, 0.2) is 42.7 Å². The number of aromatic nitrogens is 1. The van der Waals surface area contributed by atoms with E-state index in [0.29, 0.717) is 30.1 Å². The number of hydrogen-bond acceptors (Lipinski definition) is 4. The predicted octanol–water partition coefficient (Wildman–Crippen LogP) is 2.33. The van der Waals surface area contributed by atoms with Crippen molar-refractivity contribution < 1.29 is 9.53 Å². The Kier molecular flexibility index (Phi) is 4.77. The van der Waals surface area contributed by atoms with Crippen LogP contribution >= 0.6 is 0 Å². The summed E-state index contributed by atoms with van der Waals surface area (Å²) in [6, 6.07) is 8.86. The van der Waals surface area contributed by atoms with Gasteiger partial charge < -0.3 is 15.4 Å². The summed E-state index contributed by atoms with van der Waals surface area (Å²) in [5, 5.41) is 0. The van der Waals surface area contributed by atoms with Crippen molar-refractivity contribution >= 4 is 11.6 Å². The second-order valence-corrected chi connectivity index (χ2v) is 4.63. The molecular weight excluding hydrogens is 266 g/mol. The van der Waals surface area contributed by atoms with Crippen LogP contribution in [0.1, 0.15) is 22.8 Å². The van der Waals surface area contributed by atoms with Crippen molar-refractivity contribution in [1.29, 1.82) is 0 Å². The Labute approximate surface area is 124 Å². The number of rotatable bonds is 5. The van der Waals surface area contributed by atoms with E-state index in [0.717, 1.165) is 5.56 Å². The zero-order chi connectivity index (χ0) is 15.2. The van der Waals surface area contributed by atoms with Crippen LogP contribution in [0.5, 0.6) is 5.75 Å². The Morgan fingerprint density at radius 3 is 2.62 bits per heavy atom. The third kappa shape index (κ3) is 3.51. The average Bonchev–Trinajstić information content (AvgIpc) is 2.52. The molecule has 0 fully saturated rings. The SMILES string of the molecule is CCN(Cc1ccncc1)C(=O)c1ccc(N)cc1OC. The van der Waals surface area contributed by atoms with Gasteiger partial charge in [-0.3, -0.25) is 9.78 Å². The summed E-state index contributed by atoms with van der Waals surface area (Å²) in [7, 11) is 1.53. The van der Waals surface area contributed by atoms with Gasteiger partial charge in [0.25, 0.3) is 5.91 Å². The van der Waals surface area contributed by atoms with E-state index in [1.807, 2.05) is 19.1 Å². The fourth-order valence-electron chi connectivity index (χ4n) is 2.09. The minimum atomic E-state index is -0.0776. The van der Waals surface area contributed by atoms with Crippen molar-refractivity contribution in [2.24, 2.45) is 0 Å². The molecule has 5 nitrogen and oxygen atoms in total. The topological polar surface area (TPSA) is 68.5 Å². The van der Waals surface area contributed by atoms with Crippen molar-refractivity contribution in [3.8, 4) is 5.75 Å². The molecule has 0 aliphatic heterocycles. The molecule has 2 N–H and O–H groups in total. The first kappa shape index (κ1) is 14.8. The van der Waals surface area contributed by atoms with Gasteiger partial charge in [0.05, 0.1) is 12.7 Å². The monoisotopic (exact) mass is 285 g/mol. The molecule has 0 atom stereocenters. The van der Waals surface area contributed by atoms with E-state index in [1.165, 1.54) is 7.11 Å². The summed E-state index contributed by atoms with van der Waals surface area (Å²) in [6.45, 7) is 3.09. The lowest BCUT2D eigenvalue weighted by Crippen LogP contribution is -2.30. The first-order valence-electron chi connectivity index (χ1n) is 6.77. The highest BCUT2D eigenvalue weighted by Gasteiger charge is 2.18. The number of nitrogen functional groups attached to an aromatic ring is 1. The Balaban J connectivity index is 2.24. The highest BCUT2D eigenvalue weighted by atomic mass is 16.5. The Hall–Kier alpha value is -2.56. The molecule has 0 bridgehead atoms. The van der Waals surface area contributed by atoms with E-state index in [-0.39, 0.29) is 5.91 Å². The fraction of sp³-hybridized carbons (Fsp3) is 0.250. The van der Waals surface area contributed by atoms with Gasteiger partial charge in [-0.15, -0.1) is 0 Å². The minimum Gasteiger partial charge on any atom is -0.496 e. The first-order chi connectivity index (χ1) is 10.2. The zero-order valence-electron chi connectivity index (χ0n) is 12.2. The van der Waals surface area contributed by atoms with E-state index in [9.17, 15) is 4.79 Å². The van der Waals surface area contributed by atoms with E-state index in [2.05, 4.69) is 4.98 Å². The number of nitrogens with zero attached hydrogens (tertiary/aromatic N) is 2. The third-order valence-corrected chi connectivity index (χ3v) is 3.25. The first-order valence-corrected chi connectivity index (χ1v) is 6.77. The molecule has 0 aliphatic rings. The lowest BCUT2D eigenvalue weighted by Gasteiger charge is -2.22. The molecule has 1 amide bonds. The molecule has 0 saturated carbocycles. The molecule has 1 aromatic heterocycles. The fourth-order valence-corrected chi connectivity index (χ4v) is 2.09. The summed E-state index contributed by atoms with van der Waals surface area (Å²) in [5.41, 5.74) is 7.85. The second-order valence-electron chi connectivity index (χ2n) is 4.63. The molecule has 2 rings (SSSR count). The lowest BCUT2D eigenvalue weighted by molar-refractivity contribution is 0.0749. The van der Waals surface area contributed by atoms with Gasteiger partial charge in [0.15, 0.2) is 0 Å². The number of nitrogens with two attached hydrogens (primary N) is 1. The van der Waals surface area contributed by atoms with Gasteiger partial charge in [-0.1, -0.05) is 0 Å². The van der Waals surface area contributed by atoms with E-state index in [1.54, 1.807) is 35.5 Å². The predicted molar refractivity (Wildman–Crippen MR) is 82.1 cm³/mol. The van der Waals surface area contributed by atoms with Crippen LogP contribution in [0.3, 0.4) is 0 Å². The molecule has 1 heterocycles. The summed E-state index contributed by atoms with van der Waals surface area (Å²) in [4.78, 5) is 18.4. The third-order valence-electron chi connectivity index (χ3n) is 3.25. The molecule has 1 aromatic carbocycles. The van der Waals surface area contributed by atoms with Crippen LogP contribution in [-0.4, -0.2) is 29.4 Å². The summed E-state index contributed by atoms with van der Waals surface area (Å²) in [6.07, 6.45) is 3.44. The number of carbonyl (C=O) groups is 1. The highest BCUT2D eigenvalue weighted by molar-refractivity contribution is 5.97. The number of amides is 1. The Morgan fingerprint density at radius 2 is 2.00 bits per heavy atom. The zero-order valence-corrected chi connectivity index (χ0v) is 12.2. The molecular formula is C16H19N3O2.